The number of nitrogens with one attached hydrogen (secondary N) is 1. The van der Waals surface area contributed by atoms with Gasteiger partial charge in [-0.15, -0.1) is 0 Å². The molecule has 1 N–H and O–H groups in total. The van der Waals surface area contributed by atoms with E-state index in [1.54, 1.807) is 17.8 Å². The second-order valence-corrected chi connectivity index (χ2v) is 5.71. The molecule has 2 rings (SSSR count). The molecule has 3 nitrogen and oxygen atoms in total. The lowest BCUT2D eigenvalue weighted by molar-refractivity contribution is -0.129. The Balaban J connectivity index is 2.15. The lowest BCUT2D eigenvalue weighted by Gasteiger charge is -2.24. The molecule has 2 unspecified atom stereocenters. The number of amides is 1. The topological polar surface area (TPSA) is 32.3 Å². The molecule has 1 amide bonds. The first-order valence-electron chi connectivity index (χ1n) is 6.44. The van der Waals surface area contributed by atoms with Crippen LogP contribution in [-0.2, 0) is 4.79 Å². The molecule has 1 aliphatic heterocycles. The normalized spacial score (nSPS) is 23.1. The predicted octanol–water partition coefficient (Wildman–Crippen LogP) is 2.40. The van der Waals surface area contributed by atoms with Crippen LogP contribution >= 0.6 is 11.8 Å². The summed E-state index contributed by atoms with van der Waals surface area (Å²) in [6.45, 7) is 2.56. The molecule has 0 bridgehead atoms. The third kappa shape index (κ3) is 3.28. The van der Waals surface area contributed by atoms with E-state index in [0.717, 1.165) is 17.7 Å². The Morgan fingerprint density at radius 3 is 2.95 bits per heavy atom. The van der Waals surface area contributed by atoms with E-state index < -0.39 is 0 Å². The lowest BCUT2D eigenvalue weighted by Crippen LogP contribution is -2.31. The van der Waals surface area contributed by atoms with Crippen molar-refractivity contribution in [3.63, 3.8) is 0 Å². The second-order valence-electron chi connectivity index (χ2n) is 4.72. The van der Waals surface area contributed by atoms with Gasteiger partial charge in [-0.05, 0) is 43.0 Å². The number of benzene rings is 1. The number of hydrogen-bond acceptors (Lipinski definition) is 3. The van der Waals surface area contributed by atoms with Gasteiger partial charge in [0.25, 0.3) is 0 Å². The third-order valence-corrected chi connectivity index (χ3v) is 3.98. The molecule has 0 aromatic heterocycles. The second kappa shape index (κ2) is 6.39. The number of halogens is 1. The largest absolute Gasteiger partial charge is 0.322 e. The van der Waals surface area contributed by atoms with Gasteiger partial charge in [0.05, 0.1) is 6.04 Å². The van der Waals surface area contributed by atoms with Gasteiger partial charge in [-0.25, -0.2) is 4.39 Å². The molecule has 1 saturated heterocycles. The van der Waals surface area contributed by atoms with Gasteiger partial charge in [-0.1, -0.05) is 12.1 Å². The zero-order chi connectivity index (χ0) is 13.8. The summed E-state index contributed by atoms with van der Waals surface area (Å²) in [5, 5.41) is 3.23. The van der Waals surface area contributed by atoms with E-state index in [1.165, 1.54) is 12.1 Å². The van der Waals surface area contributed by atoms with Crippen LogP contribution in [0.5, 0.6) is 0 Å². The van der Waals surface area contributed by atoms with Crippen molar-refractivity contribution >= 4 is 17.7 Å². The van der Waals surface area contributed by atoms with Crippen molar-refractivity contribution in [2.24, 2.45) is 0 Å². The summed E-state index contributed by atoms with van der Waals surface area (Å²) in [5.74, 6) is 0.847. The summed E-state index contributed by atoms with van der Waals surface area (Å²) in [7, 11) is 0. The minimum Gasteiger partial charge on any atom is -0.322 e. The zero-order valence-corrected chi connectivity index (χ0v) is 12.0. The maximum atomic E-state index is 13.3. The molecule has 1 aromatic carbocycles. The van der Waals surface area contributed by atoms with Gasteiger partial charge in [0.1, 0.15) is 12.0 Å². The molecule has 0 aliphatic carbocycles. The van der Waals surface area contributed by atoms with E-state index in [4.69, 9.17) is 0 Å². The molecular formula is C14H19FN2OS. The van der Waals surface area contributed by atoms with E-state index in [2.05, 4.69) is 11.6 Å². The van der Waals surface area contributed by atoms with Crippen molar-refractivity contribution in [2.75, 3.05) is 18.6 Å². The number of hydrogen-bond donors (Lipinski definition) is 1. The monoisotopic (exact) mass is 282 g/mol. The molecule has 1 heterocycles. The van der Waals surface area contributed by atoms with Crippen LogP contribution in [0.15, 0.2) is 24.3 Å². The Hall–Kier alpha value is -1.07. The quantitative estimate of drug-likeness (QED) is 0.842. The summed E-state index contributed by atoms with van der Waals surface area (Å²) in [6, 6.07) is 6.24. The van der Waals surface area contributed by atoms with Gasteiger partial charge in [-0.2, -0.15) is 11.8 Å². The van der Waals surface area contributed by atoms with Crippen LogP contribution in [0.2, 0.25) is 0 Å². The van der Waals surface area contributed by atoms with Gasteiger partial charge in [0.15, 0.2) is 0 Å². The first kappa shape index (κ1) is 14.3. The van der Waals surface area contributed by atoms with Crippen LogP contribution in [0.3, 0.4) is 0 Å². The molecule has 0 radical (unpaired) electrons. The summed E-state index contributed by atoms with van der Waals surface area (Å²) in [5.41, 5.74) is 0.807. The van der Waals surface area contributed by atoms with Crippen LogP contribution < -0.4 is 5.32 Å². The minimum absolute atomic E-state index is 0.0929. The lowest BCUT2D eigenvalue weighted by atomic mass is 10.1. The number of carbonyl (C=O) groups is 1. The Kier molecular flexibility index (Phi) is 4.82. The van der Waals surface area contributed by atoms with Gasteiger partial charge >= 0.3 is 0 Å². The smallest absolute Gasteiger partial charge is 0.241 e. The highest BCUT2D eigenvalue weighted by Crippen LogP contribution is 2.26. The van der Waals surface area contributed by atoms with Crippen LogP contribution in [0.25, 0.3) is 0 Å². The number of nitrogens with zero attached hydrogens (tertiary/aromatic N) is 1. The first-order chi connectivity index (χ1) is 9.13. The Morgan fingerprint density at radius 2 is 2.26 bits per heavy atom. The summed E-state index contributed by atoms with van der Waals surface area (Å²) < 4.78 is 13.3. The van der Waals surface area contributed by atoms with Gasteiger partial charge < -0.3 is 4.90 Å². The van der Waals surface area contributed by atoms with Crippen LogP contribution in [0, 0.1) is 5.82 Å². The zero-order valence-electron chi connectivity index (χ0n) is 11.2. The van der Waals surface area contributed by atoms with Gasteiger partial charge in [0.2, 0.25) is 5.91 Å². The molecule has 2 atom stereocenters. The van der Waals surface area contributed by atoms with Crippen molar-refractivity contribution in [1.29, 1.82) is 0 Å². The van der Waals surface area contributed by atoms with Crippen molar-refractivity contribution in [1.82, 2.24) is 10.2 Å². The van der Waals surface area contributed by atoms with Crippen molar-refractivity contribution in [2.45, 2.75) is 25.6 Å². The van der Waals surface area contributed by atoms with Crippen molar-refractivity contribution < 1.29 is 9.18 Å². The molecule has 1 fully saturated rings. The van der Waals surface area contributed by atoms with Crippen LogP contribution in [0.4, 0.5) is 4.39 Å². The first-order valence-corrected chi connectivity index (χ1v) is 7.84. The van der Waals surface area contributed by atoms with Crippen LogP contribution in [0.1, 0.15) is 25.1 Å². The van der Waals surface area contributed by atoms with Gasteiger partial charge in [-0.3, -0.25) is 10.1 Å². The third-order valence-electron chi connectivity index (χ3n) is 3.28. The molecule has 104 valence electrons. The SMILES string of the molecule is CSCCCN1C(=O)C(C)NC1c1cccc(F)c1. The highest BCUT2D eigenvalue weighted by atomic mass is 32.2. The highest BCUT2D eigenvalue weighted by molar-refractivity contribution is 7.98. The highest BCUT2D eigenvalue weighted by Gasteiger charge is 2.36. The summed E-state index contributed by atoms with van der Waals surface area (Å²) in [4.78, 5) is 13.9. The van der Waals surface area contributed by atoms with Gasteiger partial charge in [0, 0.05) is 6.54 Å². The van der Waals surface area contributed by atoms with E-state index >= 15 is 0 Å². The molecule has 0 saturated carbocycles. The average Bonchev–Trinajstić information content (AvgIpc) is 2.67. The number of carbonyl (C=O) groups excluding carboxylic acids is 1. The van der Waals surface area contributed by atoms with E-state index in [9.17, 15) is 9.18 Å². The van der Waals surface area contributed by atoms with Crippen LogP contribution in [-0.4, -0.2) is 35.4 Å². The predicted molar refractivity (Wildman–Crippen MR) is 76.5 cm³/mol. The van der Waals surface area contributed by atoms with E-state index in [1.807, 2.05) is 17.9 Å². The summed E-state index contributed by atoms with van der Waals surface area (Å²) >= 11 is 1.77. The molecule has 19 heavy (non-hydrogen) atoms. The fourth-order valence-electron chi connectivity index (χ4n) is 2.35. The molecule has 1 aromatic rings. The molecule has 0 spiro atoms. The van der Waals surface area contributed by atoms with Crippen molar-refractivity contribution in [3.05, 3.63) is 35.6 Å². The average molecular weight is 282 g/mol. The van der Waals surface area contributed by atoms with Crippen molar-refractivity contribution in [3.8, 4) is 0 Å². The standard InChI is InChI=1S/C14H19FN2OS/c1-10-14(18)17(7-4-8-19-2)13(16-10)11-5-3-6-12(15)9-11/h3,5-6,9-10,13,16H,4,7-8H2,1-2H3. The Labute approximate surface area is 117 Å². The maximum Gasteiger partial charge on any atom is 0.241 e. The maximum absolute atomic E-state index is 13.3. The fourth-order valence-corrected chi connectivity index (χ4v) is 2.76. The number of rotatable bonds is 5. The molecule has 5 heteroatoms. The fraction of sp³-hybridized carbons (Fsp3) is 0.500. The number of thioether (sulfide) groups is 1. The Morgan fingerprint density at radius 1 is 1.47 bits per heavy atom. The minimum atomic E-state index is -0.268. The molecular weight excluding hydrogens is 263 g/mol. The molecule has 1 aliphatic rings. The van der Waals surface area contributed by atoms with E-state index in [0.29, 0.717) is 6.54 Å². The Bertz CT molecular complexity index is 455. The summed E-state index contributed by atoms with van der Waals surface area (Å²) in [6.07, 6.45) is 2.80. The van der Waals surface area contributed by atoms with E-state index in [-0.39, 0.29) is 23.9 Å².